The fourth-order valence-electron chi connectivity index (χ4n) is 1.85. The zero-order valence-corrected chi connectivity index (χ0v) is 11.5. The van der Waals surface area contributed by atoms with Gasteiger partial charge in [0.25, 0.3) is 0 Å². The molecule has 0 saturated carbocycles. The number of aliphatic hydroxyl groups excluding tert-OH is 1. The summed E-state index contributed by atoms with van der Waals surface area (Å²) in [5.74, 6) is 4.05. The Bertz CT molecular complexity index is 640. The molecule has 108 valence electrons. The van der Waals surface area contributed by atoms with E-state index in [2.05, 4.69) is 11.8 Å². The van der Waals surface area contributed by atoms with Crippen LogP contribution in [0.25, 0.3) is 0 Å². The molecule has 0 aromatic heterocycles. The summed E-state index contributed by atoms with van der Waals surface area (Å²) in [5.41, 5.74) is 1.51. The smallest absolute Gasteiger partial charge is 0.334 e. The molecule has 2 rings (SSSR count). The summed E-state index contributed by atoms with van der Waals surface area (Å²) in [6.07, 6.45) is 0.410. The molecule has 0 aliphatic carbocycles. The molecule has 1 fully saturated rings. The Morgan fingerprint density at radius 3 is 2.29 bits per heavy atom. The summed E-state index contributed by atoms with van der Waals surface area (Å²) < 4.78 is 0. The summed E-state index contributed by atoms with van der Waals surface area (Å²) in [6, 6.07) is 6.39. The zero-order chi connectivity index (χ0) is 15.4. The second kappa shape index (κ2) is 6.20. The Kier molecular flexibility index (Phi) is 4.36. The number of hydrogen-bond donors (Lipinski definition) is 1. The fourth-order valence-corrected chi connectivity index (χ4v) is 1.85. The van der Waals surface area contributed by atoms with Gasteiger partial charge in [0.15, 0.2) is 0 Å². The number of nitrogens with zero attached hydrogens (tertiary/aromatic N) is 2. The van der Waals surface area contributed by atoms with Crippen LogP contribution in [0.5, 0.6) is 0 Å². The van der Waals surface area contributed by atoms with Gasteiger partial charge in [0.05, 0.1) is 13.2 Å². The second-order valence-electron chi connectivity index (χ2n) is 4.51. The monoisotopic (exact) mass is 286 g/mol. The third-order valence-electron chi connectivity index (χ3n) is 3.01. The minimum atomic E-state index is -0.813. The predicted molar refractivity (Wildman–Crippen MR) is 73.7 cm³/mol. The Morgan fingerprint density at radius 1 is 1.10 bits per heavy atom. The van der Waals surface area contributed by atoms with E-state index in [1.165, 1.54) is 7.05 Å². The van der Waals surface area contributed by atoms with E-state index in [0.29, 0.717) is 6.42 Å². The SMILES string of the molecule is CN1C(=O)C(=O)N(Cc2ccc(C#CCCO)cc2)C1=O. The molecule has 1 saturated heterocycles. The van der Waals surface area contributed by atoms with Gasteiger partial charge in [-0.05, 0) is 17.7 Å². The van der Waals surface area contributed by atoms with Crippen molar-refractivity contribution in [1.82, 2.24) is 9.80 Å². The normalized spacial score (nSPS) is 14.5. The Morgan fingerprint density at radius 2 is 1.76 bits per heavy atom. The van der Waals surface area contributed by atoms with Gasteiger partial charge in [0, 0.05) is 19.0 Å². The summed E-state index contributed by atoms with van der Waals surface area (Å²) in [5, 5.41) is 8.64. The lowest BCUT2D eigenvalue weighted by Crippen LogP contribution is -2.30. The van der Waals surface area contributed by atoms with Gasteiger partial charge in [0.1, 0.15) is 0 Å². The van der Waals surface area contributed by atoms with E-state index in [0.717, 1.165) is 20.9 Å². The van der Waals surface area contributed by atoms with Crippen molar-refractivity contribution >= 4 is 17.8 Å². The first-order valence-corrected chi connectivity index (χ1v) is 6.36. The van der Waals surface area contributed by atoms with Crippen LogP contribution in [0.15, 0.2) is 24.3 Å². The number of imide groups is 2. The largest absolute Gasteiger partial charge is 0.395 e. The predicted octanol–water partition coefficient (Wildman–Crippen LogP) is 0.341. The summed E-state index contributed by atoms with van der Waals surface area (Å²) >= 11 is 0. The average Bonchev–Trinajstić information content (AvgIpc) is 2.67. The molecule has 1 aromatic rings. The molecule has 1 aliphatic rings. The molecule has 0 atom stereocenters. The number of aliphatic hydroxyl groups is 1. The van der Waals surface area contributed by atoms with Crippen LogP contribution in [-0.2, 0) is 16.1 Å². The van der Waals surface area contributed by atoms with Crippen LogP contribution in [0.2, 0.25) is 0 Å². The van der Waals surface area contributed by atoms with Gasteiger partial charge >= 0.3 is 17.8 Å². The van der Waals surface area contributed by atoms with Gasteiger partial charge in [-0.15, -0.1) is 0 Å². The van der Waals surface area contributed by atoms with Gasteiger partial charge in [-0.1, -0.05) is 24.0 Å². The quantitative estimate of drug-likeness (QED) is 0.494. The van der Waals surface area contributed by atoms with Gasteiger partial charge in [0.2, 0.25) is 0 Å². The van der Waals surface area contributed by atoms with Crippen LogP contribution in [-0.4, -0.2) is 46.4 Å². The van der Waals surface area contributed by atoms with Gasteiger partial charge < -0.3 is 5.11 Å². The highest BCUT2D eigenvalue weighted by Crippen LogP contribution is 2.14. The molecule has 1 heterocycles. The number of rotatable bonds is 3. The standard InChI is InChI=1S/C15H14N2O4/c1-16-13(19)14(20)17(15(16)21)10-12-7-5-11(6-8-12)4-2-3-9-18/h5-8,18H,3,9-10H2,1H3. The number of carbonyl (C=O) groups is 3. The number of amides is 4. The van der Waals surface area contributed by atoms with Crippen LogP contribution in [0.1, 0.15) is 17.5 Å². The first-order chi connectivity index (χ1) is 10.0. The number of likely N-dealkylation sites (N-methyl/N-ethyl adjacent to an activating group) is 1. The number of benzene rings is 1. The number of hydrogen-bond acceptors (Lipinski definition) is 4. The molecule has 6 nitrogen and oxygen atoms in total. The maximum Gasteiger partial charge on any atom is 0.334 e. The molecule has 6 heteroatoms. The molecule has 4 amide bonds. The van der Waals surface area contributed by atoms with Crippen LogP contribution < -0.4 is 0 Å². The third-order valence-corrected chi connectivity index (χ3v) is 3.01. The Hall–Kier alpha value is -2.65. The Balaban J connectivity index is 2.08. The van der Waals surface area contributed by atoms with Crippen molar-refractivity contribution in [3.8, 4) is 11.8 Å². The van der Waals surface area contributed by atoms with Crippen LogP contribution in [0, 0.1) is 11.8 Å². The highest BCUT2D eigenvalue weighted by atomic mass is 16.3. The number of urea groups is 1. The van der Waals surface area contributed by atoms with Crippen LogP contribution in [0.4, 0.5) is 4.79 Å². The van der Waals surface area contributed by atoms with Crippen LogP contribution >= 0.6 is 0 Å². The van der Waals surface area contributed by atoms with Crippen LogP contribution in [0.3, 0.4) is 0 Å². The first kappa shape index (κ1) is 14.8. The van der Waals surface area contributed by atoms with Crippen molar-refractivity contribution in [2.45, 2.75) is 13.0 Å². The zero-order valence-electron chi connectivity index (χ0n) is 11.5. The van der Waals surface area contributed by atoms with Crippen molar-refractivity contribution in [1.29, 1.82) is 0 Å². The topological polar surface area (TPSA) is 77.9 Å². The first-order valence-electron chi connectivity index (χ1n) is 6.36. The minimum absolute atomic E-state index is 0.0197. The third kappa shape index (κ3) is 3.09. The fraction of sp³-hybridized carbons (Fsp3) is 0.267. The highest BCUT2D eigenvalue weighted by Gasteiger charge is 2.41. The molecule has 0 radical (unpaired) electrons. The van der Waals surface area contributed by atoms with E-state index in [1.807, 2.05) is 0 Å². The van der Waals surface area contributed by atoms with Gasteiger partial charge in [-0.25, -0.2) is 4.79 Å². The molecular weight excluding hydrogens is 272 g/mol. The molecule has 0 bridgehead atoms. The lowest BCUT2D eigenvalue weighted by molar-refractivity contribution is -0.143. The minimum Gasteiger partial charge on any atom is -0.395 e. The average molecular weight is 286 g/mol. The molecule has 21 heavy (non-hydrogen) atoms. The van der Waals surface area contributed by atoms with Gasteiger partial charge in [-0.2, -0.15) is 0 Å². The lowest BCUT2D eigenvalue weighted by Gasteiger charge is -2.12. The van der Waals surface area contributed by atoms with Gasteiger partial charge in [-0.3, -0.25) is 19.4 Å². The van der Waals surface area contributed by atoms with Crippen molar-refractivity contribution in [2.75, 3.05) is 13.7 Å². The maximum atomic E-state index is 11.7. The maximum absolute atomic E-state index is 11.7. The molecular formula is C15H14N2O4. The lowest BCUT2D eigenvalue weighted by atomic mass is 10.1. The van der Waals surface area contributed by atoms with E-state index in [1.54, 1.807) is 24.3 Å². The van der Waals surface area contributed by atoms with Crippen molar-refractivity contribution in [3.63, 3.8) is 0 Å². The molecule has 0 spiro atoms. The second-order valence-corrected chi connectivity index (χ2v) is 4.51. The van der Waals surface area contributed by atoms with Crippen molar-refractivity contribution < 1.29 is 19.5 Å². The van der Waals surface area contributed by atoms with Crippen molar-refractivity contribution in [3.05, 3.63) is 35.4 Å². The molecule has 1 N–H and O–H groups in total. The molecule has 1 aromatic carbocycles. The molecule has 0 unspecified atom stereocenters. The number of carbonyl (C=O) groups excluding carboxylic acids is 3. The summed E-state index contributed by atoms with van der Waals surface area (Å²) in [4.78, 5) is 36.5. The van der Waals surface area contributed by atoms with E-state index < -0.39 is 17.8 Å². The van der Waals surface area contributed by atoms with E-state index >= 15 is 0 Å². The Labute approximate surface area is 122 Å². The summed E-state index contributed by atoms with van der Waals surface area (Å²) in [7, 11) is 1.28. The van der Waals surface area contributed by atoms with E-state index in [9.17, 15) is 14.4 Å². The van der Waals surface area contributed by atoms with E-state index in [4.69, 9.17) is 5.11 Å². The van der Waals surface area contributed by atoms with E-state index in [-0.39, 0.29) is 13.2 Å². The van der Waals surface area contributed by atoms with Crippen molar-refractivity contribution in [2.24, 2.45) is 0 Å². The molecule has 1 aliphatic heterocycles. The highest BCUT2D eigenvalue weighted by molar-refractivity contribution is 6.44. The summed E-state index contributed by atoms with van der Waals surface area (Å²) in [6.45, 7) is 0.0733.